The molecule has 7 nitrogen and oxygen atoms in total. The summed E-state index contributed by atoms with van der Waals surface area (Å²) >= 11 is 6.53. The fourth-order valence-corrected chi connectivity index (χ4v) is 5.42. The Balaban J connectivity index is 1.34. The summed E-state index contributed by atoms with van der Waals surface area (Å²) in [4.78, 5) is 42.6. The monoisotopic (exact) mass is 503 g/mol. The van der Waals surface area contributed by atoms with Crippen LogP contribution in [0.4, 0.5) is 5.69 Å². The molecule has 5 rings (SSSR count). The average Bonchev–Trinajstić information content (AvgIpc) is 3.54. The lowest BCUT2D eigenvalue weighted by atomic mass is 10.1. The fraction of sp³-hybridized carbons (Fsp3) is 0.154. The zero-order valence-electron chi connectivity index (χ0n) is 18.6. The molecule has 3 amide bonds. The van der Waals surface area contributed by atoms with Gasteiger partial charge in [0.15, 0.2) is 0 Å². The molecule has 2 aliphatic rings. The minimum Gasteiger partial charge on any atom is -0.467 e. The third kappa shape index (κ3) is 4.65. The summed E-state index contributed by atoms with van der Waals surface area (Å²) in [6, 6.07) is 20.5. The second kappa shape index (κ2) is 9.89. The average molecular weight is 504 g/mol. The highest BCUT2D eigenvalue weighted by Gasteiger charge is 2.42. The van der Waals surface area contributed by atoms with Crippen LogP contribution in [0.3, 0.4) is 0 Å². The Bertz CT molecular complexity index is 1340. The van der Waals surface area contributed by atoms with E-state index in [9.17, 15) is 14.4 Å². The Labute approximate surface area is 211 Å². The molecule has 176 valence electrons. The second-order valence-corrected chi connectivity index (χ2v) is 9.68. The summed E-state index contributed by atoms with van der Waals surface area (Å²) in [5.41, 5.74) is 2.61. The molecule has 0 saturated carbocycles. The van der Waals surface area contributed by atoms with Crippen molar-refractivity contribution < 1.29 is 18.8 Å². The van der Waals surface area contributed by atoms with E-state index >= 15 is 0 Å². The molecule has 1 N–H and O–H groups in total. The highest BCUT2D eigenvalue weighted by Crippen LogP contribution is 2.44. The first-order valence-corrected chi connectivity index (χ1v) is 12.3. The number of nitrogens with zero attached hydrogens (tertiary/aromatic N) is 2. The quantitative estimate of drug-likeness (QED) is 0.391. The van der Waals surface area contributed by atoms with Crippen LogP contribution in [0.5, 0.6) is 0 Å². The number of benzene rings is 2. The number of thiocarbonyl (C=S) groups is 1. The van der Waals surface area contributed by atoms with Gasteiger partial charge in [-0.05, 0) is 30.2 Å². The SMILES string of the molecule is O=C(CN1C(=O)C(=C2SC(=S)N(Cc3ccco3)C2=O)c2ccccc21)NCCc1ccccc1. The van der Waals surface area contributed by atoms with Crippen molar-refractivity contribution in [3.8, 4) is 0 Å². The van der Waals surface area contributed by atoms with E-state index < -0.39 is 0 Å². The first-order valence-electron chi connectivity index (χ1n) is 11.0. The largest absolute Gasteiger partial charge is 0.467 e. The zero-order chi connectivity index (χ0) is 24.4. The van der Waals surface area contributed by atoms with Gasteiger partial charge in [0.25, 0.3) is 11.8 Å². The van der Waals surface area contributed by atoms with Gasteiger partial charge in [-0.15, -0.1) is 0 Å². The predicted octanol–water partition coefficient (Wildman–Crippen LogP) is 3.76. The number of hydrogen-bond acceptors (Lipinski definition) is 6. The number of carbonyl (C=O) groups excluding carboxylic acids is 3. The van der Waals surface area contributed by atoms with Gasteiger partial charge < -0.3 is 9.73 Å². The zero-order valence-corrected chi connectivity index (χ0v) is 20.2. The predicted molar refractivity (Wildman–Crippen MR) is 138 cm³/mol. The normalized spacial score (nSPS) is 17.3. The molecular weight excluding hydrogens is 482 g/mol. The standard InChI is InChI=1S/C26H21N3O4S2/c30-21(27-13-12-17-7-2-1-3-8-17)16-28-20-11-5-4-10-19(20)22(24(28)31)23-25(32)29(26(34)35-23)15-18-9-6-14-33-18/h1-11,14H,12-13,15-16H2,(H,27,30). The van der Waals surface area contributed by atoms with E-state index in [0.29, 0.717) is 34.3 Å². The van der Waals surface area contributed by atoms with Gasteiger partial charge in [-0.1, -0.05) is 72.5 Å². The number of amides is 3. The Kier molecular flexibility index (Phi) is 6.52. The Morgan fingerprint density at radius 2 is 1.71 bits per heavy atom. The molecule has 1 aromatic heterocycles. The van der Waals surface area contributed by atoms with Gasteiger partial charge in [0.2, 0.25) is 5.91 Å². The van der Waals surface area contributed by atoms with Crippen LogP contribution >= 0.6 is 24.0 Å². The topological polar surface area (TPSA) is 82.9 Å². The summed E-state index contributed by atoms with van der Waals surface area (Å²) in [5, 5.41) is 2.88. The molecule has 0 radical (unpaired) electrons. The third-order valence-electron chi connectivity index (χ3n) is 5.77. The van der Waals surface area contributed by atoms with Gasteiger partial charge in [-0.3, -0.25) is 24.2 Å². The molecule has 1 saturated heterocycles. The number of hydrogen-bond donors (Lipinski definition) is 1. The van der Waals surface area contributed by atoms with Crippen molar-refractivity contribution in [1.29, 1.82) is 0 Å². The fourth-order valence-electron chi connectivity index (χ4n) is 4.09. The van der Waals surface area contributed by atoms with Gasteiger partial charge in [0.1, 0.15) is 16.6 Å². The van der Waals surface area contributed by atoms with Gasteiger partial charge in [0.05, 0.1) is 29.0 Å². The molecule has 3 heterocycles. The van der Waals surface area contributed by atoms with E-state index in [1.165, 1.54) is 16.1 Å². The molecular formula is C26H21N3O4S2. The molecule has 0 aliphatic carbocycles. The third-order valence-corrected chi connectivity index (χ3v) is 7.22. The molecule has 9 heteroatoms. The highest BCUT2D eigenvalue weighted by atomic mass is 32.2. The number of nitrogens with one attached hydrogen (secondary N) is 1. The van der Waals surface area contributed by atoms with Gasteiger partial charge in [-0.25, -0.2) is 0 Å². The number of fused-ring (bicyclic) bond motifs is 1. The number of anilines is 1. The van der Waals surface area contributed by atoms with E-state index in [-0.39, 0.29) is 41.3 Å². The molecule has 35 heavy (non-hydrogen) atoms. The van der Waals surface area contributed by atoms with E-state index in [1.807, 2.05) is 30.3 Å². The van der Waals surface area contributed by atoms with E-state index in [0.717, 1.165) is 17.3 Å². The van der Waals surface area contributed by atoms with Crippen LogP contribution in [0, 0.1) is 0 Å². The molecule has 1 fully saturated rings. The summed E-state index contributed by atoms with van der Waals surface area (Å²) in [6.07, 6.45) is 2.23. The molecule has 0 unspecified atom stereocenters. The van der Waals surface area contributed by atoms with Gasteiger partial charge >= 0.3 is 0 Å². The summed E-state index contributed by atoms with van der Waals surface area (Å²) in [6.45, 7) is 0.517. The summed E-state index contributed by atoms with van der Waals surface area (Å²) in [5.74, 6) is -0.401. The first-order chi connectivity index (χ1) is 17.0. The Morgan fingerprint density at radius 3 is 2.49 bits per heavy atom. The molecule has 0 spiro atoms. The van der Waals surface area contributed by atoms with Gasteiger partial charge in [0, 0.05) is 12.1 Å². The Morgan fingerprint density at radius 1 is 0.943 bits per heavy atom. The van der Waals surface area contributed by atoms with Crippen molar-refractivity contribution in [3.63, 3.8) is 0 Å². The van der Waals surface area contributed by atoms with Crippen molar-refractivity contribution in [3.05, 3.63) is 94.8 Å². The maximum absolute atomic E-state index is 13.5. The van der Waals surface area contributed by atoms with Crippen LogP contribution in [-0.2, 0) is 27.3 Å². The minimum atomic E-state index is -0.386. The lowest BCUT2D eigenvalue weighted by molar-refractivity contribution is -0.123. The molecule has 2 aliphatic heterocycles. The van der Waals surface area contributed by atoms with E-state index in [4.69, 9.17) is 16.6 Å². The van der Waals surface area contributed by atoms with Crippen LogP contribution in [0.25, 0.3) is 5.57 Å². The number of thioether (sulfide) groups is 1. The molecule has 2 aromatic carbocycles. The molecule has 3 aromatic rings. The van der Waals surface area contributed by atoms with Crippen molar-refractivity contribution in [1.82, 2.24) is 10.2 Å². The minimum absolute atomic E-state index is 0.138. The molecule has 0 atom stereocenters. The van der Waals surface area contributed by atoms with Crippen LogP contribution in [-0.4, -0.2) is 40.0 Å². The van der Waals surface area contributed by atoms with Crippen molar-refractivity contribution >= 4 is 57.3 Å². The van der Waals surface area contributed by atoms with Gasteiger partial charge in [-0.2, -0.15) is 0 Å². The lowest BCUT2D eigenvalue weighted by Gasteiger charge is -2.16. The number of rotatable bonds is 7. The van der Waals surface area contributed by atoms with Crippen molar-refractivity contribution in [2.24, 2.45) is 0 Å². The van der Waals surface area contributed by atoms with Crippen molar-refractivity contribution in [2.75, 3.05) is 18.0 Å². The smallest absolute Gasteiger partial charge is 0.267 e. The summed E-state index contributed by atoms with van der Waals surface area (Å²) in [7, 11) is 0. The number of carbonyl (C=O) groups is 3. The van der Waals surface area contributed by atoms with Crippen LogP contribution in [0.2, 0.25) is 0 Å². The maximum Gasteiger partial charge on any atom is 0.267 e. The summed E-state index contributed by atoms with van der Waals surface area (Å²) < 4.78 is 5.71. The van der Waals surface area contributed by atoms with Crippen LogP contribution < -0.4 is 10.2 Å². The first kappa shape index (κ1) is 23.1. The lowest BCUT2D eigenvalue weighted by Crippen LogP contribution is -2.39. The Hall–Kier alpha value is -3.69. The maximum atomic E-state index is 13.5. The number of furan rings is 1. The second-order valence-electron chi connectivity index (χ2n) is 8.04. The van der Waals surface area contributed by atoms with E-state index in [1.54, 1.807) is 36.4 Å². The van der Waals surface area contributed by atoms with E-state index in [2.05, 4.69) is 5.32 Å². The van der Waals surface area contributed by atoms with Crippen LogP contribution in [0.1, 0.15) is 16.9 Å². The molecule has 0 bridgehead atoms. The highest BCUT2D eigenvalue weighted by molar-refractivity contribution is 8.26. The van der Waals surface area contributed by atoms with Crippen LogP contribution in [0.15, 0.2) is 82.3 Å². The number of para-hydroxylation sites is 1. The van der Waals surface area contributed by atoms with Crippen molar-refractivity contribution in [2.45, 2.75) is 13.0 Å².